The summed E-state index contributed by atoms with van der Waals surface area (Å²) in [6.45, 7) is 3.55. The molecule has 6 heteroatoms. The second kappa shape index (κ2) is 5.47. The van der Waals surface area contributed by atoms with Crippen LogP contribution < -0.4 is 5.32 Å². The SMILES string of the molecule is CCCC(C)(NC(=O)c1ccon1)C(=O)OC. The predicted molar refractivity (Wildman–Crippen MR) is 59.3 cm³/mol. The molecule has 1 aromatic heterocycles. The molecular formula is C11H16N2O4. The maximum atomic E-state index is 11.8. The van der Waals surface area contributed by atoms with E-state index in [1.54, 1.807) is 6.92 Å². The van der Waals surface area contributed by atoms with E-state index in [0.29, 0.717) is 6.42 Å². The van der Waals surface area contributed by atoms with Gasteiger partial charge in [0.2, 0.25) is 0 Å². The van der Waals surface area contributed by atoms with Gasteiger partial charge in [-0.15, -0.1) is 0 Å². The van der Waals surface area contributed by atoms with Crippen LogP contribution in [0, 0.1) is 0 Å². The molecule has 94 valence electrons. The Morgan fingerprint density at radius 1 is 1.59 bits per heavy atom. The molecule has 0 saturated heterocycles. The van der Waals surface area contributed by atoms with E-state index in [2.05, 4.69) is 19.7 Å². The van der Waals surface area contributed by atoms with Gasteiger partial charge in [0.15, 0.2) is 5.69 Å². The van der Waals surface area contributed by atoms with Crippen molar-refractivity contribution < 1.29 is 18.8 Å². The maximum Gasteiger partial charge on any atom is 0.331 e. The zero-order valence-corrected chi connectivity index (χ0v) is 10.1. The first-order valence-electron chi connectivity index (χ1n) is 5.35. The summed E-state index contributed by atoms with van der Waals surface area (Å²) in [6.07, 6.45) is 2.53. The van der Waals surface area contributed by atoms with Crippen LogP contribution in [-0.2, 0) is 9.53 Å². The molecule has 6 nitrogen and oxygen atoms in total. The highest BCUT2D eigenvalue weighted by molar-refractivity contribution is 5.96. The van der Waals surface area contributed by atoms with Crippen molar-refractivity contribution in [2.45, 2.75) is 32.2 Å². The molecule has 1 N–H and O–H groups in total. The van der Waals surface area contributed by atoms with Crippen molar-refractivity contribution >= 4 is 11.9 Å². The number of aromatic nitrogens is 1. The summed E-state index contributed by atoms with van der Waals surface area (Å²) in [5, 5.41) is 6.12. The first kappa shape index (κ1) is 13.2. The van der Waals surface area contributed by atoms with Crippen molar-refractivity contribution in [3.63, 3.8) is 0 Å². The number of rotatable bonds is 5. The van der Waals surface area contributed by atoms with Crippen molar-refractivity contribution in [3.8, 4) is 0 Å². The molecule has 1 aromatic rings. The summed E-state index contributed by atoms with van der Waals surface area (Å²) in [5.74, 6) is -0.934. The minimum absolute atomic E-state index is 0.135. The van der Waals surface area contributed by atoms with Crippen LogP contribution in [0.2, 0.25) is 0 Å². The number of carbonyl (C=O) groups is 2. The quantitative estimate of drug-likeness (QED) is 0.780. The van der Waals surface area contributed by atoms with E-state index in [1.165, 1.54) is 19.4 Å². The lowest BCUT2D eigenvalue weighted by atomic mass is 9.96. The van der Waals surface area contributed by atoms with Gasteiger partial charge in [0.05, 0.1) is 7.11 Å². The monoisotopic (exact) mass is 240 g/mol. The van der Waals surface area contributed by atoms with Crippen LogP contribution in [-0.4, -0.2) is 29.7 Å². The Labute approximate surface area is 99.3 Å². The van der Waals surface area contributed by atoms with E-state index in [9.17, 15) is 9.59 Å². The van der Waals surface area contributed by atoms with Gasteiger partial charge >= 0.3 is 5.97 Å². The number of amides is 1. The first-order valence-corrected chi connectivity index (χ1v) is 5.35. The van der Waals surface area contributed by atoms with Crippen LogP contribution in [0.5, 0.6) is 0 Å². The minimum atomic E-state index is -1.04. The van der Waals surface area contributed by atoms with Crippen molar-refractivity contribution in [1.82, 2.24) is 10.5 Å². The third kappa shape index (κ3) is 3.05. The number of nitrogens with zero attached hydrogens (tertiary/aromatic N) is 1. The first-order chi connectivity index (χ1) is 8.03. The Balaban J connectivity index is 2.80. The molecule has 0 spiro atoms. The number of nitrogens with one attached hydrogen (secondary N) is 1. The fourth-order valence-corrected chi connectivity index (χ4v) is 1.59. The topological polar surface area (TPSA) is 81.4 Å². The summed E-state index contributed by atoms with van der Waals surface area (Å²) in [5.41, 5.74) is -0.907. The molecule has 0 aromatic carbocycles. The summed E-state index contributed by atoms with van der Waals surface area (Å²) < 4.78 is 9.26. The molecule has 1 atom stereocenters. The van der Waals surface area contributed by atoms with Gasteiger partial charge in [-0.3, -0.25) is 4.79 Å². The van der Waals surface area contributed by atoms with Gasteiger partial charge in [0.25, 0.3) is 5.91 Å². The highest BCUT2D eigenvalue weighted by Gasteiger charge is 2.35. The van der Waals surface area contributed by atoms with Crippen LogP contribution >= 0.6 is 0 Å². The standard InChI is InChI=1S/C11H16N2O4/c1-4-6-11(2,10(15)16-3)12-9(14)8-5-7-17-13-8/h5,7H,4,6H2,1-3H3,(H,12,14). The third-order valence-corrected chi connectivity index (χ3v) is 2.45. The fraction of sp³-hybridized carbons (Fsp3) is 0.545. The summed E-state index contributed by atoms with van der Waals surface area (Å²) in [7, 11) is 1.29. The number of carbonyl (C=O) groups excluding carboxylic acids is 2. The zero-order valence-electron chi connectivity index (χ0n) is 10.1. The highest BCUT2D eigenvalue weighted by Crippen LogP contribution is 2.15. The van der Waals surface area contributed by atoms with E-state index in [-0.39, 0.29) is 5.69 Å². The van der Waals surface area contributed by atoms with Gasteiger partial charge in [0.1, 0.15) is 11.8 Å². The molecule has 0 saturated carbocycles. The normalized spacial score (nSPS) is 13.8. The van der Waals surface area contributed by atoms with Gasteiger partial charge in [-0.2, -0.15) is 0 Å². The minimum Gasteiger partial charge on any atom is -0.467 e. The Hall–Kier alpha value is -1.85. The highest BCUT2D eigenvalue weighted by atomic mass is 16.5. The average molecular weight is 240 g/mol. The Morgan fingerprint density at radius 2 is 2.29 bits per heavy atom. The predicted octanol–water partition coefficient (Wildman–Crippen LogP) is 1.14. The van der Waals surface area contributed by atoms with Crippen molar-refractivity contribution in [2.75, 3.05) is 7.11 Å². The molecule has 17 heavy (non-hydrogen) atoms. The molecule has 0 aliphatic heterocycles. The van der Waals surface area contributed by atoms with Crippen LogP contribution in [0.4, 0.5) is 0 Å². The van der Waals surface area contributed by atoms with Gasteiger partial charge < -0.3 is 14.6 Å². The molecule has 0 radical (unpaired) electrons. The lowest BCUT2D eigenvalue weighted by Gasteiger charge is -2.26. The van der Waals surface area contributed by atoms with Crippen LogP contribution in [0.3, 0.4) is 0 Å². The third-order valence-electron chi connectivity index (χ3n) is 2.45. The smallest absolute Gasteiger partial charge is 0.331 e. The molecule has 0 bridgehead atoms. The lowest BCUT2D eigenvalue weighted by molar-refractivity contribution is -0.147. The van der Waals surface area contributed by atoms with Gasteiger partial charge in [-0.1, -0.05) is 18.5 Å². The second-order valence-electron chi connectivity index (χ2n) is 3.91. The maximum absolute atomic E-state index is 11.8. The summed E-state index contributed by atoms with van der Waals surface area (Å²) in [4.78, 5) is 23.4. The second-order valence-corrected chi connectivity index (χ2v) is 3.91. The van der Waals surface area contributed by atoms with Crippen molar-refractivity contribution in [3.05, 3.63) is 18.0 Å². The number of hydrogen-bond acceptors (Lipinski definition) is 5. The largest absolute Gasteiger partial charge is 0.467 e. The average Bonchev–Trinajstić information content (AvgIpc) is 2.81. The summed E-state index contributed by atoms with van der Waals surface area (Å²) >= 11 is 0. The number of ether oxygens (including phenoxy) is 1. The van der Waals surface area contributed by atoms with Crippen molar-refractivity contribution in [2.24, 2.45) is 0 Å². The Bertz CT molecular complexity index is 388. The van der Waals surface area contributed by atoms with Crippen LogP contribution in [0.15, 0.2) is 16.9 Å². The van der Waals surface area contributed by atoms with Gasteiger partial charge in [-0.25, -0.2) is 4.79 Å². The molecule has 0 aliphatic rings. The molecule has 1 rings (SSSR count). The van der Waals surface area contributed by atoms with Gasteiger partial charge in [0, 0.05) is 6.07 Å². The molecular weight excluding hydrogens is 224 g/mol. The fourth-order valence-electron chi connectivity index (χ4n) is 1.59. The molecule has 1 heterocycles. The number of methoxy groups -OCH3 is 1. The van der Waals surface area contributed by atoms with Crippen molar-refractivity contribution in [1.29, 1.82) is 0 Å². The lowest BCUT2D eigenvalue weighted by Crippen LogP contribution is -2.52. The Morgan fingerprint density at radius 3 is 2.76 bits per heavy atom. The number of esters is 1. The van der Waals surface area contributed by atoms with Crippen LogP contribution in [0.1, 0.15) is 37.2 Å². The van der Waals surface area contributed by atoms with E-state index in [0.717, 1.165) is 6.42 Å². The van der Waals surface area contributed by atoms with E-state index < -0.39 is 17.4 Å². The molecule has 1 unspecified atom stereocenters. The van der Waals surface area contributed by atoms with Crippen LogP contribution in [0.25, 0.3) is 0 Å². The molecule has 0 aliphatic carbocycles. The van der Waals surface area contributed by atoms with E-state index in [1.807, 2.05) is 6.92 Å². The molecule has 0 fully saturated rings. The van der Waals surface area contributed by atoms with Gasteiger partial charge in [-0.05, 0) is 13.3 Å². The number of hydrogen-bond donors (Lipinski definition) is 1. The zero-order chi connectivity index (χ0) is 12.9. The summed E-state index contributed by atoms with van der Waals surface area (Å²) in [6, 6.07) is 1.43. The molecule has 1 amide bonds. The van der Waals surface area contributed by atoms with E-state index >= 15 is 0 Å². The van der Waals surface area contributed by atoms with E-state index in [4.69, 9.17) is 0 Å². The Kier molecular flexibility index (Phi) is 4.25.